The summed E-state index contributed by atoms with van der Waals surface area (Å²) in [7, 11) is -2.08. The smallest absolute Gasteiger partial charge is 0.323 e. The average molecular weight is 707 g/mol. The van der Waals surface area contributed by atoms with Gasteiger partial charge in [-0.25, -0.2) is 9.67 Å². The number of hydrogen-bond acceptors (Lipinski definition) is 10. The van der Waals surface area contributed by atoms with Gasteiger partial charge in [0.15, 0.2) is 0 Å². The molecule has 0 spiro atoms. The molecule has 0 unspecified atom stereocenters. The van der Waals surface area contributed by atoms with Crippen LogP contribution in [0.5, 0.6) is 17.2 Å². The molecule has 0 fully saturated rings. The number of nitrogens with two attached hydrogens (primary N) is 1. The van der Waals surface area contributed by atoms with Crippen LogP contribution in [-0.4, -0.2) is 67.7 Å². The third-order valence-electron chi connectivity index (χ3n) is 8.04. The SMILES string of the molecule is CCS(=O)(=O)O.COc1ccc2c(Oc3ccc(NC(=O)c4c(C)n(C[C@@H](C)[C@](C)(N)C(=O)O)n(-c5ccccc5)c4=O)nc3)ccnc2c1. The molecular weight excluding hydrogens is 668 g/mol. The van der Waals surface area contributed by atoms with E-state index in [1.165, 1.54) is 24.7 Å². The minimum atomic E-state index is -3.66. The molecular formula is C34H38N6O9S. The summed E-state index contributed by atoms with van der Waals surface area (Å²) >= 11 is 0. The number of aliphatic carboxylic acids is 1. The van der Waals surface area contributed by atoms with Gasteiger partial charge in [0, 0.05) is 30.1 Å². The Balaban J connectivity index is 0.000000860. The van der Waals surface area contributed by atoms with Gasteiger partial charge in [-0.1, -0.05) is 25.1 Å². The van der Waals surface area contributed by atoms with Crippen LogP contribution in [0, 0.1) is 12.8 Å². The molecule has 0 bridgehead atoms. The highest BCUT2D eigenvalue weighted by atomic mass is 32.2. The first-order valence-electron chi connectivity index (χ1n) is 15.3. The molecule has 264 valence electrons. The number of ether oxygens (including phenoxy) is 2. The van der Waals surface area contributed by atoms with Crippen molar-refractivity contribution in [3.63, 3.8) is 0 Å². The van der Waals surface area contributed by atoms with Gasteiger partial charge >= 0.3 is 5.97 Å². The molecule has 0 aliphatic heterocycles. The van der Waals surface area contributed by atoms with Crippen molar-refractivity contribution in [3.8, 4) is 22.9 Å². The number of amides is 1. The third-order valence-corrected chi connectivity index (χ3v) is 8.77. The Morgan fingerprint density at radius 2 is 1.72 bits per heavy atom. The summed E-state index contributed by atoms with van der Waals surface area (Å²) in [5.74, 6) is -0.740. The van der Waals surface area contributed by atoms with Gasteiger partial charge in [0.05, 0.1) is 36.0 Å². The lowest BCUT2D eigenvalue weighted by molar-refractivity contribution is -0.144. The number of carboxylic acids is 1. The van der Waals surface area contributed by atoms with Crippen molar-refractivity contribution in [2.24, 2.45) is 11.7 Å². The molecule has 50 heavy (non-hydrogen) atoms. The van der Waals surface area contributed by atoms with E-state index in [1.54, 1.807) is 80.4 Å². The maximum Gasteiger partial charge on any atom is 0.323 e. The molecule has 5 rings (SSSR count). The summed E-state index contributed by atoms with van der Waals surface area (Å²) in [5, 5.41) is 13.1. The summed E-state index contributed by atoms with van der Waals surface area (Å²) < 4.78 is 41.2. The van der Waals surface area contributed by atoms with Crippen molar-refractivity contribution in [2.45, 2.75) is 39.8 Å². The topological polar surface area (TPSA) is 218 Å². The summed E-state index contributed by atoms with van der Waals surface area (Å²) in [4.78, 5) is 47.6. The zero-order valence-electron chi connectivity index (χ0n) is 28.0. The summed E-state index contributed by atoms with van der Waals surface area (Å²) in [6.45, 7) is 6.19. The van der Waals surface area contributed by atoms with E-state index < -0.39 is 39.0 Å². The number of pyridine rings is 2. The van der Waals surface area contributed by atoms with Crippen LogP contribution in [0.1, 0.15) is 36.8 Å². The number of nitrogens with zero attached hydrogens (tertiary/aromatic N) is 4. The molecule has 0 aliphatic carbocycles. The van der Waals surface area contributed by atoms with Gasteiger partial charge in [0.2, 0.25) is 0 Å². The van der Waals surface area contributed by atoms with Gasteiger partial charge in [-0.2, -0.15) is 8.42 Å². The van der Waals surface area contributed by atoms with Gasteiger partial charge < -0.3 is 25.6 Å². The molecule has 0 saturated carbocycles. The molecule has 16 heteroatoms. The molecule has 3 aromatic heterocycles. The second-order valence-corrected chi connectivity index (χ2v) is 13.2. The highest BCUT2D eigenvalue weighted by Gasteiger charge is 2.36. The number of nitrogens with one attached hydrogen (secondary N) is 1. The van der Waals surface area contributed by atoms with Crippen LogP contribution in [-0.2, 0) is 21.5 Å². The van der Waals surface area contributed by atoms with Crippen LogP contribution >= 0.6 is 0 Å². The fourth-order valence-electron chi connectivity index (χ4n) is 4.75. The molecule has 0 radical (unpaired) electrons. The number of benzene rings is 2. The lowest BCUT2D eigenvalue weighted by Gasteiger charge is -2.28. The van der Waals surface area contributed by atoms with E-state index in [0.29, 0.717) is 34.1 Å². The van der Waals surface area contributed by atoms with Crippen molar-refractivity contribution in [1.29, 1.82) is 0 Å². The van der Waals surface area contributed by atoms with Crippen molar-refractivity contribution in [3.05, 3.63) is 101 Å². The highest BCUT2D eigenvalue weighted by Crippen LogP contribution is 2.31. The molecule has 2 atom stereocenters. The quantitative estimate of drug-likeness (QED) is 0.142. The normalized spacial score (nSPS) is 13.0. The minimum absolute atomic E-state index is 0.0727. The van der Waals surface area contributed by atoms with Crippen LogP contribution in [0.3, 0.4) is 0 Å². The van der Waals surface area contributed by atoms with E-state index in [1.807, 2.05) is 18.2 Å². The number of fused-ring (bicyclic) bond motifs is 1. The molecule has 15 nitrogen and oxygen atoms in total. The van der Waals surface area contributed by atoms with E-state index >= 15 is 0 Å². The van der Waals surface area contributed by atoms with E-state index in [4.69, 9.17) is 19.8 Å². The number of aromatic nitrogens is 4. The number of hydrogen-bond donors (Lipinski definition) is 4. The first kappa shape index (κ1) is 37.2. The summed E-state index contributed by atoms with van der Waals surface area (Å²) in [5.41, 5.74) is 5.43. The largest absolute Gasteiger partial charge is 0.497 e. The second kappa shape index (κ2) is 15.3. The maximum absolute atomic E-state index is 13.7. The fourth-order valence-corrected chi connectivity index (χ4v) is 4.75. The molecule has 0 aliphatic rings. The van der Waals surface area contributed by atoms with Gasteiger partial charge in [0.1, 0.15) is 34.2 Å². The number of anilines is 1. The number of rotatable bonds is 11. The Morgan fingerprint density at radius 3 is 2.30 bits per heavy atom. The zero-order valence-corrected chi connectivity index (χ0v) is 28.8. The lowest BCUT2D eigenvalue weighted by Crippen LogP contribution is -2.52. The summed E-state index contributed by atoms with van der Waals surface area (Å²) in [6.07, 6.45) is 3.09. The monoisotopic (exact) mass is 706 g/mol. The fraction of sp³-hybridized carbons (Fsp3) is 0.265. The van der Waals surface area contributed by atoms with Crippen LogP contribution in [0.25, 0.3) is 16.6 Å². The van der Waals surface area contributed by atoms with Crippen molar-refractivity contribution >= 4 is 38.7 Å². The van der Waals surface area contributed by atoms with Gasteiger partial charge in [-0.15, -0.1) is 0 Å². The van der Waals surface area contributed by atoms with Gasteiger partial charge in [-0.05, 0) is 63.2 Å². The first-order valence-corrected chi connectivity index (χ1v) is 16.9. The van der Waals surface area contributed by atoms with Gasteiger partial charge in [-0.3, -0.25) is 28.6 Å². The number of methoxy groups -OCH3 is 1. The predicted octanol–water partition coefficient (Wildman–Crippen LogP) is 4.28. The summed E-state index contributed by atoms with van der Waals surface area (Å²) in [6, 6.07) is 19.2. The standard InChI is InChI=1S/C32H32N6O6.C2H6O3S/c1-19(32(3,33)31(41)42)18-37-20(2)28(30(40)38(37)21-8-6-5-7-9-21)29(39)36-27-13-11-23(17-35-27)44-26-14-15-34-25-16-22(43-4)10-12-24(25)26;1-2-6(3,4)5/h5-17,19H,18,33H2,1-4H3,(H,41,42)(H,35,36,39);2H2,1H3,(H,3,4,5)/t19-,32+;/m1./s1. The molecule has 2 aromatic carbocycles. The van der Waals surface area contributed by atoms with Crippen LogP contribution in [0.4, 0.5) is 5.82 Å². The first-order chi connectivity index (χ1) is 23.6. The predicted molar refractivity (Wildman–Crippen MR) is 187 cm³/mol. The van der Waals surface area contributed by atoms with Crippen LogP contribution in [0.2, 0.25) is 0 Å². The molecule has 3 heterocycles. The van der Waals surface area contributed by atoms with Crippen molar-refractivity contribution in [1.82, 2.24) is 19.3 Å². The lowest BCUT2D eigenvalue weighted by atomic mass is 9.88. The van der Waals surface area contributed by atoms with E-state index in [0.717, 1.165) is 5.39 Å². The van der Waals surface area contributed by atoms with Crippen molar-refractivity contribution < 1.29 is 37.1 Å². The highest BCUT2D eigenvalue weighted by molar-refractivity contribution is 7.85. The molecule has 5 aromatic rings. The van der Waals surface area contributed by atoms with Crippen molar-refractivity contribution in [2.75, 3.05) is 18.2 Å². The van der Waals surface area contributed by atoms with E-state index in [-0.39, 0.29) is 23.7 Å². The number of para-hydroxylation sites is 1. The Labute approximate surface area is 288 Å². The molecule has 0 saturated heterocycles. The number of carboxylic acid groups (broad SMARTS) is 1. The Morgan fingerprint density at radius 1 is 1.06 bits per heavy atom. The number of carbonyl (C=O) groups excluding carboxylic acids is 1. The van der Waals surface area contributed by atoms with Gasteiger partial charge in [0.25, 0.3) is 21.6 Å². The number of carbonyl (C=O) groups is 2. The van der Waals surface area contributed by atoms with Crippen LogP contribution in [0.15, 0.2) is 83.9 Å². The third kappa shape index (κ3) is 8.52. The van der Waals surface area contributed by atoms with Crippen LogP contribution < -0.4 is 26.1 Å². The Bertz CT molecular complexity index is 2160. The maximum atomic E-state index is 13.7. The Hall–Kier alpha value is -5.58. The average Bonchev–Trinajstić information content (AvgIpc) is 3.33. The molecule has 5 N–H and O–H groups in total. The zero-order chi connectivity index (χ0) is 36.8. The Kier molecular flexibility index (Phi) is 11.4. The van der Waals surface area contributed by atoms with E-state index in [9.17, 15) is 27.9 Å². The minimum Gasteiger partial charge on any atom is -0.497 e. The van der Waals surface area contributed by atoms with E-state index in [2.05, 4.69) is 15.3 Å². The second-order valence-electron chi connectivity index (χ2n) is 11.5. The molecule has 1 amide bonds.